The molecule has 7 heteroatoms. The van der Waals surface area contributed by atoms with E-state index in [2.05, 4.69) is 10.6 Å². The minimum absolute atomic E-state index is 0.123. The SMILES string of the molecule is CCOc1ccc(NC(=O)CN(C(C)=O)c2ccc(NC(C)=O)cc2)cc1. The first-order valence-electron chi connectivity index (χ1n) is 8.57. The number of rotatable bonds is 7. The van der Waals surface area contributed by atoms with Gasteiger partial charge < -0.3 is 20.3 Å². The fourth-order valence-electron chi connectivity index (χ4n) is 2.46. The second-order valence-electron chi connectivity index (χ2n) is 5.84. The van der Waals surface area contributed by atoms with Gasteiger partial charge in [-0.1, -0.05) is 0 Å². The molecular formula is C20H23N3O4. The van der Waals surface area contributed by atoms with Crippen molar-refractivity contribution >= 4 is 34.8 Å². The Labute approximate surface area is 158 Å². The Morgan fingerprint density at radius 1 is 0.889 bits per heavy atom. The van der Waals surface area contributed by atoms with Gasteiger partial charge in [0.15, 0.2) is 0 Å². The van der Waals surface area contributed by atoms with Crippen LogP contribution < -0.4 is 20.3 Å². The molecule has 2 aromatic carbocycles. The fraction of sp³-hybridized carbons (Fsp3) is 0.250. The molecule has 0 aliphatic rings. The van der Waals surface area contributed by atoms with Crippen LogP contribution in [0, 0.1) is 0 Å². The molecule has 0 saturated heterocycles. The Morgan fingerprint density at radius 3 is 1.96 bits per heavy atom. The van der Waals surface area contributed by atoms with Gasteiger partial charge >= 0.3 is 0 Å². The number of nitrogens with one attached hydrogen (secondary N) is 2. The lowest BCUT2D eigenvalue weighted by atomic mass is 10.2. The Kier molecular flexibility index (Phi) is 6.93. The molecule has 0 saturated carbocycles. The van der Waals surface area contributed by atoms with Crippen LogP contribution in [0.3, 0.4) is 0 Å². The molecule has 0 radical (unpaired) electrons. The lowest BCUT2D eigenvalue weighted by Gasteiger charge is -2.21. The molecule has 0 heterocycles. The molecule has 0 fully saturated rings. The number of carbonyl (C=O) groups excluding carboxylic acids is 3. The highest BCUT2D eigenvalue weighted by Crippen LogP contribution is 2.19. The molecule has 0 unspecified atom stereocenters. The van der Waals surface area contributed by atoms with Crippen LogP contribution in [0.2, 0.25) is 0 Å². The van der Waals surface area contributed by atoms with E-state index < -0.39 is 0 Å². The number of amides is 3. The van der Waals surface area contributed by atoms with Gasteiger partial charge in [0.1, 0.15) is 12.3 Å². The predicted octanol–water partition coefficient (Wildman–Crippen LogP) is 3.04. The quantitative estimate of drug-likeness (QED) is 0.785. The first-order valence-corrected chi connectivity index (χ1v) is 8.57. The molecule has 2 N–H and O–H groups in total. The lowest BCUT2D eigenvalue weighted by molar-refractivity contribution is -0.120. The van der Waals surface area contributed by atoms with E-state index in [4.69, 9.17) is 4.74 Å². The maximum Gasteiger partial charge on any atom is 0.244 e. The number of anilines is 3. The zero-order valence-corrected chi connectivity index (χ0v) is 15.6. The summed E-state index contributed by atoms with van der Waals surface area (Å²) < 4.78 is 5.36. The normalized spacial score (nSPS) is 10.0. The van der Waals surface area contributed by atoms with Crippen LogP contribution >= 0.6 is 0 Å². The number of nitrogens with zero attached hydrogens (tertiary/aromatic N) is 1. The Hall–Kier alpha value is -3.35. The summed E-state index contributed by atoms with van der Waals surface area (Å²) in [6.07, 6.45) is 0. The van der Waals surface area contributed by atoms with Crippen LogP contribution in [0.1, 0.15) is 20.8 Å². The van der Waals surface area contributed by atoms with Crippen molar-refractivity contribution in [1.82, 2.24) is 0 Å². The van der Waals surface area contributed by atoms with E-state index in [0.29, 0.717) is 23.7 Å². The average Bonchev–Trinajstić information content (AvgIpc) is 2.62. The Morgan fingerprint density at radius 2 is 1.44 bits per heavy atom. The lowest BCUT2D eigenvalue weighted by Crippen LogP contribution is -2.36. The van der Waals surface area contributed by atoms with Crippen LogP contribution in [-0.4, -0.2) is 30.9 Å². The Bertz CT molecular complexity index is 801. The van der Waals surface area contributed by atoms with E-state index in [9.17, 15) is 14.4 Å². The van der Waals surface area contributed by atoms with Gasteiger partial charge in [-0.2, -0.15) is 0 Å². The first-order chi connectivity index (χ1) is 12.9. The van der Waals surface area contributed by atoms with Crippen molar-refractivity contribution in [3.8, 4) is 5.75 Å². The topological polar surface area (TPSA) is 87.7 Å². The third kappa shape index (κ3) is 6.14. The third-order valence-electron chi connectivity index (χ3n) is 3.63. The zero-order chi connectivity index (χ0) is 19.8. The second-order valence-corrected chi connectivity index (χ2v) is 5.84. The van der Waals surface area contributed by atoms with Crippen molar-refractivity contribution < 1.29 is 19.1 Å². The molecule has 3 amide bonds. The summed E-state index contributed by atoms with van der Waals surface area (Å²) in [5.74, 6) is -0.0366. The summed E-state index contributed by atoms with van der Waals surface area (Å²) in [5, 5.41) is 5.41. The van der Waals surface area contributed by atoms with Crippen LogP contribution in [0.5, 0.6) is 5.75 Å². The zero-order valence-electron chi connectivity index (χ0n) is 15.6. The molecule has 0 aliphatic carbocycles. The van der Waals surface area contributed by atoms with E-state index in [-0.39, 0.29) is 24.3 Å². The standard InChI is InChI=1S/C20H23N3O4/c1-4-27-19-11-7-17(8-12-19)22-20(26)13-23(15(3)25)18-9-5-16(6-10-18)21-14(2)24/h5-12H,4,13H2,1-3H3,(H,21,24)(H,22,26). The van der Waals surface area contributed by atoms with Crippen LogP contribution in [0.15, 0.2) is 48.5 Å². The second kappa shape index (κ2) is 9.38. The summed E-state index contributed by atoms with van der Waals surface area (Å²) in [6.45, 7) is 5.16. The minimum atomic E-state index is -0.319. The molecule has 2 rings (SSSR count). The van der Waals surface area contributed by atoms with Crippen LogP contribution in [-0.2, 0) is 14.4 Å². The van der Waals surface area contributed by atoms with E-state index in [1.54, 1.807) is 48.5 Å². The number of hydrogen-bond donors (Lipinski definition) is 2. The summed E-state index contributed by atoms with van der Waals surface area (Å²) >= 11 is 0. The summed E-state index contributed by atoms with van der Waals surface area (Å²) in [7, 11) is 0. The molecule has 0 atom stereocenters. The van der Waals surface area contributed by atoms with E-state index >= 15 is 0 Å². The molecule has 2 aromatic rings. The number of hydrogen-bond acceptors (Lipinski definition) is 4. The maximum atomic E-state index is 12.3. The van der Waals surface area contributed by atoms with Gasteiger partial charge in [-0.3, -0.25) is 14.4 Å². The maximum absolute atomic E-state index is 12.3. The van der Waals surface area contributed by atoms with Gasteiger partial charge in [0.05, 0.1) is 6.61 Å². The highest BCUT2D eigenvalue weighted by Gasteiger charge is 2.16. The van der Waals surface area contributed by atoms with E-state index in [1.807, 2.05) is 6.92 Å². The molecule has 0 spiro atoms. The van der Waals surface area contributed by atoms with E-state index in [1.165, 1.54) is 18.7 Å². The van der Waals surface area contributed by atoms with Crippen molar-refractivity contribution in [2.75, 3.05) is 28.7 Å². The van der Waals surface area contributed by atoms with Crippen LogP contribution in [0.4, 0.5) is 17.1 Å². The third-order valence-corrected chi connectivity index (χ3v) is 3.63. The van der Waals surface area contributed by atoms with Gasteiger partial charge in [-0.15, -0.1) is 0 Å². The van der Waals surface area contributed by atoms with Crippen molar-refractivity contribution in [2.45, 2.75) is 20.8 Å². The monoisotopic (exact) mass is 369 g/mol. The summed E-state index contributed by atoms with van der Waals surface area (Å²) in [6, 6.07) is 13.7. The van der Waals surface area contributed by atoms with E-state index in [0.717, 1.165) is 5.75 Å². The van der Waals surface area contributed by atoms with Gasteiger partial charge in [0.25, 0.3) is 0 Å². The molecule has 142 valence electrons. The van der Waals surface area contributed by atoms with Crippen molar-refractivity contribution in [3.05, 3.63) is 48.5 Å². The highest BCUT2D eigenvalue weighted by atomic mass is 16.5. The molecule has 7 nitrogen and oxygen atoms in total. The Balaban J connectivity index is 2.03. The smallest absolute Gasteiger partial charge is 0.244 e. The van der Waals surface area contributed by atoms with Crippen molar-refractivity contribution in [2.24, 2.45) is 0 Å². The molecule has 0 aromatic heterocycles. The number of ether oxygens (including phenoxy) is 1. The number of benzene rings is 2. The minimum Gasteiger partial charge on any atom is -0.494 e. The summed E-state index contributed by atoms with van der Waals surface area (Å²) in [4.78, 5) is 36.7. The van der Waals surface area contributed by atoms with Gasteiger partial charge in [-0.05, 0) is 55.5 Å². The largest absolute Gasteiger partial charge is 0.494 e. The van der Waals surface area contributed by atoms with Crippen molar-refractivity contribution in [3.63, 3.8) is 0 Å². The average molecular weight is 369 g/mol. The van der Waals surface area contributed by atoms with Gasteiger partial charge in [0.2, 0.25) is 17.7 Å². The van der Waals surface area contributed by atoms with Crippen molar-refractivity contribution in [1.29, 1.82) is 0 Å². The fourth-order valence-corrected chi connectivity index (χ4v) is 2.46. The molecule has 27 heavy (non-hydrogen) atoms. The summed E-state index contributed by atoms with van der Waals surface area (Å²) in [5.41, 5.74) is 1.81. The molecule has 0 aliphatic heterocycles. The first kappa shape index (κ1) is 20.0. The molecule has 0 bridgehead atoms. The highest BCUT2D eigenvalue weighted by molar-refractivity contribution is 6.02. The number of carbonyl (C=O) groups is 3. The van der Waals surface area contributed by atoms with Gasteiger partial charge in [0, 0.05) is 30.9 Å². The van der Waals surface area contributed by atoms with Gasteiger partial charge in [-0.25, -0.2) is 0 Å². The van der Waals surface area contributed by atoms with Crippen LogP contribution in [0.25, 0.3) is 0 Å². The molecular weight excluding hydrogens is 346 g/mol. The predicted molar refractivity (Wildman–Crippen MR) is 105 cm³/mol.